The lowest BCUT2D eigenvalue weighted by atomic mass is 10.2. The lowest BCUT2D eigenvalue weighted by Crippen LogP contribution is -2.34. The van der Waals surface area contributed by atoms with Crippen LogP contribution in [0.1, 0.15) is 5.56 Å². The molecule has 1 aliphatic heterocycles. The summed E-state index contributed by atoms with van der Waals surface area (Å²) in [6.45, 7) is 3.04. The zero-order valence-corrected chi connectivity index (χ0v) is 11.5. The van der Waals surface area contributed by atoms with Crippen molar-refractivity contribution in [3.8, 4) is 0 Å². The van der Waals surface area contributed by atoms with Crippen molar-refractivity contribution in [2.24, 2.45) is 5.10 Å². The molecule has 2 rings (SSSR count). The van der Waals surface area contributed by atoms with Gasteiger partial charge in [0.15, 0.2) is 0 Å². The van der Waals surface area contributed by atoms with Crippen LogP contribution in [0.25, 0.3) is 0 Å². The predicted molar refractivity (Wildman–Crippen MR) is 76.3 cm³/mol. The van der Waals surface area contributed by atoms with Crippen molar-refractivity contribution in [1.82, 2.24) is 14.8 Å². The van der Waals surface area contributed by atoms with Gasteiger partial charge in [0.25, 0.3) is 0 Å². The summed E-state index contributed by atoms with van der Waals surface area (Å²) in [7, 11) is 4.01. The number of carbonyl (C=O) groups is 1. The zero-order chi connectivity index (χ0) is 13.7. The van der Waals surface area contributed by atoms with Gasteiger partial charge in [0.1, 0.15) is 0 Å². The number of nitrogens with zero attached hydrogens (tertiary/aromatic N) is 4. The van der Waals surface area contributed by atoms with Crippen molar-refractivity contribution in [1.29, 1.82) is 0 Å². The summed E-state index contributed by atoms with van der Waals surface area (Å²) in [6, 6.07) is 9.80. The fourth-order valence-corrected chi connectivity index (χ4v) is 1.88. The predicted octanol–water partition coefficient (Wildman–Crippen LogP) is 1.32. The minimum absolute atomic E-state index is 0.00553. The molecule has 1 aromatic carbocycles. The number of carbonyl (C=O) groups excluding carboxylic acids is 1. The molecule has 102 valence electrons. The van der Waals surface area contributed by atoms with Crippen molar-refractivity contribution in [3.05, 3.63) is 35.9 Å². The van der Waals surface area contributed by atoms with E-state index in [1.807, 2.05) is 49.3 Å². The van der Waals surface area contributed by atoms with E-state index in [0.717, 1.165) is 25.2 Å². The van der Waals surface area contributed by atoms with Crippen molar-refractivity contribution in [2.75, 3.05) is 40.3 Å². The van der Waals surface area contributed by atoms with Gasteiger partial charge in [0.2, 0.25) is 0 Å². The van der Waals surface area contributed by atoms with Crippen molar-refractivity contribution in [3.63, 3.8) is 0 Å². The minimum atomic E-state index is -0.00553. The Labute approximate surface area is 114 Å². The molecule has 0 aliphatic carbocycles. The smallest absolute Gasteiger partial charge is 0.320 e. The molecule has 0 aromatic heterocycles. The number of hydrogen-bond acceptors (Lipinski definition) is 3. The second-order valence-electron chi connectivity index (χ2n) is 4.85. The number of rotatable bonds is 5. The molecule has 5 nitrogen and oxygen atoms in total. The Bertz CT molecular complexity index is 444. The van der Waals surface area contributed by atoms with E-state index in [2.05, 4.69) is 10.0 Å². The molecular formula is C14H20N4O. The van der Waals surface area contributed by atoms with E-state index in [0.29, 0.717) is 6.54 Å². The van der Waals surface area contributed by atoms with Crippen LogP contribution in [0.15, 0.2) is 35.4 Å². The molecular weight excluding hydrogens is 240 g/mol. The van der Waals surface area contributed by atoms with Crippen LogP contribution in [0, 0.1) is 0 Å². The van der Waals surface area contributed by atoms with Gasteiger partial charge < -0.3 is 9.80 Å². The van der Waals surface area contributed by atoms with Crippen LogP contribution in [0.3, 0.4) is 0 Å². The van der Waals surface area contributed by atoms with Gasteiger partial charge in [-0.15, -0.1) is 0 Å². The Morgan fingerprint density at radius 2 is 2.00 bits per heavy atom. The fourth-order valence-electron chi connectivity index (χ4n) is 1.88. The summed E-state index contributed by atoms with van der Waals surface area (Å²) in [6.07, 6.45) is 1.73. The highest BCUT2D eigenvalue weighted by molar-refractivity contribution is 5.82. The molecule has 0 N–H and O–H groups in total. The molecule has 1 saturated heterocycles. The molecule has 1 fully saturated rings. The number of hydrogen-bond donors (Lipinski definition) is 0. The lowest BCUT2D eigenvalue weighted by molar-refractivity contribution is 0.190. The summed E-state index contributed by atoms with van der Waals surface area (Å²) in [4.78, 5) is 16.0. The quantitative estimate of drug-likeness (QED) is 0.749. The Balaban J connectivity index is 1.89. The molecule has 1 aliphatic rings. The van der Waals surface area contributed by atoms with Crippen LogP contribution in [0.4, 0.5) is 4.79 Å². The molecule has 2 amide bonds. The Hall–Kier alpha value is -1.88. The Morgan fingerprint density at radius 1 is 1.26 bits per heavy atom. The van der Waals surface area contributed by atoms with Gasteiger partial charge in [-0.05, 0) is 19.7 Å². The van der Waals surface area contributed by atoms with E-state index >= 15 is 0 Å². The van der Waals surface area contributed by atoms with Crippen LogP contribution in [-0.2, 0) is 0 Å². The second-order valence-corrected chi connectivity index (χ2v) is 4.85. The first-order valence-corrected chi connectivity index (χ1v) is 6.47. The lowest BCUT2D eigenvalue weighted by Gasteiger charge is -2.18. The van der Waals surface area contributed by atoms with Gasteiger partial charge in [0.05, 0.1) is 12.8 Å². The topological polar surface area (TPSA) is 39.1 Å². The normalized spacial score (nSPS) is 16.1. The summed E-state index contributed by atoms with van der Waals surface area (Å²) >= 11 is 0. The molecule has 19 heavy (non-hydrogen) atoms. The molecule has 0 bridgehead atoms. The molecule has 0 radical (unpaired) electrons. The van der Waals surface area contributed by atoms with E-state index in [1.165, 1.54) is 5.01 Å². The van der Waals surface area contributed by atoms with E-state index in [1.54, 1.807) is 6.21 Å². The number of amides is 2. The maximum atomic E-state index is 12.1. The number of benzene rings is 1. The van der Waals surface area contributed by atoms with E-state index in [-0.39, 0.29) is 6.03 Å². The average Bonchev–Trinajstić information content (AvgIpc) is 2.76. The van der Waals surface area contributed by atoms with Gasteiger partial charge in [0, 0.05) is 19.6 Å². The second kappa shape index (κ2) is 6.33. The third-order valence-electron chi connectivity index (χ3n) is 3.04. The van der Waals surface area contributed by atoms with Crippen molar-refractivity contribution >= 4 is 12.2 Å². The summed E-state index contributed by atoms with van der Waals surface area (Å²) in [5, 5.41) is 5.79. The minimum Gasteiger partial charge on any atom is -0.320 e. The van der Waals surface area contributed by atoms with Gasteiger partial charge in [-0.1, -0.05) is 30.3 Å². The summed E-state index contributed by atoms with van der Waals surface area (Å²) in [5.41, 5.74) is 1.00. The summed E-state index contributed by atoms with van der Waals surface area (Å²) < 4.78 is 0. The highest BCUT2D eigenvalue weighted by atomic mass is 16.2. The first-order chi connectivity index (χ1) is 9.16. The highest BCUT2D eigenvalue weighted by Crippen LogP contribution is 2.09. The molecule has 5 heteroatoms. The Morgan fingerprint density at radius 3 is 2.68 bits per heavy atom. The van der Waals surface area contributed by atoms with Crippen molar-refractivity contribution in [2.45, 2.75) is 0 Å². The number of urea groups is 1. The van der Waals surface area contributed by atoms with Crippen LogP contribution < -0.4 is 0 Å². The maximum Gasteiger partial charge on any atom is 0.340 e. The molecule has 0 unspecified atom stereocenters. The van der Waals surface area contributed by atoms with Crippen molar-refractivity contribution < 1.29 is 4.79 Å². The fraction of sp³-hybridized carbons (Fsp3) is 0.429. The van der Waals surface area contributed by atoms with Crippen LogP contribution in [0.5, 0.6) is 0 Å². The standard InChI is InChI=1S/C14H20N4O/c1-16(2)8-9-17-10-11-18(14(17)19)15-12-13-6-4-3-5-7-13/h3-7,12H,8-11H2,1-2H3. The molecule has 0 atom stereocenters. The highest BCUT2D eigenvalue weighted by Gasteiger charge is 2.27. The maximum absolute atomic E-state index is 12.1. The molecule has 1 aromatic rings. The first-order valence-electron chi connectivity index (χ1n) is 6.47. The Kier molecular flexibility index (Phi) is 4.52. The third-order valence-corrected chi connectivity index (χ3v) is 3.04. The van der Waals surface area contributed by atoms with E-state index in [4.69, 9.17) is 0 Å². The first kappa shape index (κ1) is 13.5. The molecule has 1 heterocycles. The van der Waals surface area contributed by atoms with Crippen LogP contribution in [-0.4, -0.2) is 67.3 Å². The van der Waals surface area contributed by atoms with Gasteiger partial charge >= 0.3 is 6.03 Å². The van der Waals surface area contributed by atoms with E-state index in [9.17, 15) is 4.79 Å². The SMILES string of the molecule is CN(C)CCN1CCN(N=Cc2ccccc2)C1=O. The summed E-state index contributed by atoms with van der Waals surface area (Å²) in [5.74, 6) is 0. The average molecular weight is 260 g/mol. The largest absolute Gasteiger partial charge is 0.340 e. The molecule has 0 spiro atoms. The van der Waals surface area contributed by atoms with E-state index < -0.39 is 0 Å². The number of hydrazone groups is 1. The number of likely N-dealkylation sites (N-methyl/N-ethyl adjacent to an activating group) is 1. The monoisotopic (exact) mass is 260 g/mol. The van der Waals surface area contributed by atoms with Crippen LogP contribution >= 0.6 is 0 Å². The van der Waals surface area contributed by atoms with Gasteiger partial charge in [-0.3, -0.25) is 0 Å². The zero-order valence-electron chi connectivity index (χ0n) is 11.5. The molecule has 0 saturated carbocycles. The third kappa shape index (κ3) is 3.79. The van der Waals surface area contributed by atoms with Gasteiger partial charge in [-0.25, -0.2) is 9.80 Å². The van der Waals surface area contributed by atoms with Crippen LogP contribution in [0.2, 0.25) is 0 Å². The van der Waals surface area contributed by atoms with Gasteiger partial charge in [-0.2, -0.15) is 5.10 Å².